The van der Waals surface area contributed by atoms with E-state index in [2.05, 4.69) is 46.9 Å². The molecule has 0 radical (unpaired) electrons. The zero-order valence-electron chi connectivity index (χ0n) is 33.0. The molecule has 15 heteroatoms. The van der Waals surface area contributed by atoms with Gasteiger partial charge >= 0.3 is 12.0 Å². The van der Waals surface area contributed by atoms with Crippen LogP contribution in [0.5, 0.6) is 5.75 Å². The minimum absolute atomic E-state index is 0.00871. The summed E-state index contributed by atoms with van der Waals surface area (Å²) in [5.41, 5.74) is 2.26. The van der Waals surface area contributed by atoms with Crippen LogP contribution >= 0.6 is 0 Å². The fourth-order valence-electron chi connectivity index (χ4n) is 8.79. The van der Waals surface area contributed by atoms with E-state index in [0.717, 1.165) is 109 Å². The molecular formula is C41H54F2N8O5. The van der Waals surface area contributed by atoms with Crippen LogP contribution in [0.15, 0.2) is 39.2 Å². The Bertz CT molecular complexity index is 1920. The zero-order valence-corrected chi connectivity index (χ0v) is 33.0. The van der Waals surface area contributed by atoms with Gasteiger partial charge in [-0.2, -0.15) is 0 Å². The molecule has 2 atom stereocenters. The van der Waals surface area contributed by atoms with Crippen molar-refractivity contribution < 1.29 is 31.8 Å². The lowest BCUT2D eigenvalue weighted by molar-refractivity contribution is -0.0517. The fraction of sp³-hybridized carbons (Fsp3) is 0.610. The van der Waals surface area contributed by atoms with Gasteiger partial charge in [-0.25, -0.2) is 8.78 Å². The molecule has 0 bridgehead atoms. The predicted octanol–water partition coefficient (Wildman–Crippen LogP) is 6.36. The van der Waals surface area contributed by atoms with Gasteiger partial charge in [0.05, 0.1) is 44.2 Å². The average molecular weight is 777 g/mol. The minimum atomic E-state index is -0.422. The Morgan fingerprint density at radius 3 is 1.91 bits per heavy atom. The third kappa shape index (κ3) is 8.41. The predicted molar refractivity (Wildman–Crippen MR) is 207 cm³/mol. The molecule has 4 fully saturated rings. The number of halogens is 2. The number of hydrogen-bond donors (Lipinski definition) is 0. The molecule has 2 unspecified atom stereocenters. The van der Waals surface area contributed by atoms with Crippen molar-refractivity contribution in [2.45, 2.75) is 82.9 Å². The van der Waals surface area contributed by atoms with E-state index in [9.17, 15) is 4.39 Å². The van der Waals surface area contributed by atoms with Gasteiger partial charge in [0.15, 0.2) is 0 Å². The van der Waals surface area contributed by atoms with Gasteiger partial charge in [0.1, 0.15) is 17.4 Å². The first-order chi connectivity index (χ1) is 27.2. The van der Waals surface area contributed by atoms with Gasteiger partial charge in [0.2, 0.25) is 0 Å². The summed E-state index contributed by atoms with van der Waals surface area (Å²) in [5.74, 6) is 0.352. The summed E-state index contributed by atoms with van der Waals surface area (Å²) in [6.07, 6.45) is 4.59. The first kappa shape index (κ1) is 38.7. The second kappa shape index (κ2) is 17.1. The number of piperidine rings is 2. The van der Waals surface area contributed by atoms with Crippen molar-refractivity contribution in [1.29, 1.82) is 0 Å². The van der Waals surface area contributed by atoms with Crippen molar-refractivity contribution in [2.75, 3.05) is 89.1 Å². The molecule has 0 spiro atoms. The van der Waals surface area contributed by atoms with Crippen LogP contribution in [0.4, 0.5) is 20.8 Å². The van der Waals surface area contributed by atoms with Crippen LogP contribution in [0.25, 0.3) is 22.9 Å². The molecule has 56 heavy (non-hydrogen) atoms. The Kier molecular flexibility index (Phi) is 11.8. The Balaban J connectivity index is 0.846. The van der Waals surface area contributed by atoms with Crippen molar-refractivity contribution in [3.8, 4) is 28.7 Å². The normalized spacial score (nSPS) is 21.6. The number of aromatic nitrogens is 4. The molecule has 302 valence electrons. The van der Waals surface area contributed by atoms with Crippen molar-refractivity contribution in [3.05, 3.63) is 53.1 Å². The summed E-state index contributed by atoms with van der Waals surface area (Å²) in [6, 6.07) is 10.1. The van der Waals surface area contributed by atoms with Gasteiger partial charge in [-0.15, -0.1) is 10.2 Å². The molecule has 8 rings (SSSR count). The van der Waals surface area contributed by atoms with Crippen molar-refractivity contribution in [2.24, 2.45) is 0 Å². The molecule has 4 aromatic rings. The number of methoxy groups -OCH3 is 1. The Morgan fingerprint density at radius 2 is 1.30 bits per heavy atom. The Labute approximate surface area is 327 Å². The van der Waals surface area contributed by atoms with Crippen LogP contribution in [0, 0.1) is 11.6 Å². The van der Waals surface area contributed by atoms with E-state index in [4.69, 9.17) is 23.0 Å². The number of benzene rings is 2. The summed E-state index contributed by atoms with van der Waals surface area (Å²) in [6.45, 7) is 15.1. The lowest BCUT2D eigenvalue weighted by Crippen LogP contribution is -2.51. The van der Waals surface area contributed by atoms with E-state index >= 15 is 4.39 Å². The smallest absolute Gasteiger partial charge is 0.318 e. The van der Waals surface area contributed by atoms with E-state index in [0.29, 0.717) is 42.0 Å². The highest BCUT2D eigenvalue weighted by molar-refractivity contribution is 5.60. The maximum absolute atomic E-state index is 15.8. The average Bonchev–Trinajstić information content (AvgIpc) is 3.93. The van der Waals surface area contributed by atoms with Crippen LogP contribution < -0.4 is 14.5 Å². The summed E-state index contributed by atoms with van der Waals surface area (Å²) in [4.78, 5) is 9.21. The Hall–Kier alpha value is -4.18. The number of morpholine rings is 2. The van der Waals surface area contributed by atoms with E-state index in [-0.39, 0.29) is 41.1 Å². The van der Waals surface area contributed by atoms with Crippen LogP contribution in [0.2, 0.25) is 0 Å². The fourth-order valence-corrected chi connectivity index (χ4v) is 8.79. The zero-order chi connectivity index (χ0) is 38.8. The van der Waals surface area contributed by atoms with Gasteiger partial charge in [-0.05, 0) is 79.3 Å². The van der Waals surface area contributed by atoms with Crippen LogP contribution in [-0.4, -0.2) is 128 Å². The first-order valence-corrected chi connectivity index (χ1v) is 20.3. The minimum Gasteiger partial charge on any atom is -0.496 e. The summed E-state index contributed by atoms with van der Waals surface area (Å²) in [7, 11) is 1.60. The van der Waals surface area contributed by atoms with Gasteiger partial charge in [-0.3, -0.25) is 9.80 Å². The molecule has 4 saturated heterocycles. The second-order valence-electron chi connectivity index (χ2n) is 16.0. The van der Waals surface area contributed by atoms with Crippen LogP contribution in [0.1, 0.15) is 75.8 Å². The topological polar surface area (TPSA) is 118 Å². The SMILES string of the molecule is COc1cc(-c2nnc(N3CCC(N4CCOCC4)CC3)o2)c(F)cc1C(C)CC1CN(C2CCN(c3nnc(-c4ccc(C(C)C)cc4F)o3)CC2)CCO1. The van der Waals surface area contributed by atoms with Crippen LogP contribution in [0.3, 0.4) is 0 Å². The molecular weight excluding hydrogens is 722 g/mol. The maximum atomic E-state index is 15.8. The van der Waals surface area contributed by atoms with E-state index in [1.165, 1.54) is 0 Å². The number of anilines is 2. The molecule has 2 aromatic heterocycles. The highest BCUT2D eigenvalue weighted by Gasteiger charge is 2.33. The van der Waals surface area contributed by atoms with E-state index in [1.807, 2.05) is 19.9 Å². The summed E-state index contributed by atoms with van der Waals surface area (Å²) < 4.78 is 60.3. The summed E-state index contributed by atoms with van der Waals surface area (Å²) in [5, 5.41) is 17.0. The van der Waals surface area contributed by atoms with Crippen LogP contribution in [-0.2, 0) is 9.47 Å². The quantitative estimate of drug-likeness (QED) is 0.168. The number of rotatable bonds is 11. The third-order valence-electron chi connectivity index (χ3n) is 12.1. The maximum Gasteiger partial charge on any atom is 0.318 e. The van der Waals surface area contributed by atoms with E-state index in [1.54, 1.807) is 31.4 Å². The van der Waals surface area contributed by atoms with Crippen molar-refractivity contribution in [1.82, 2.24) is 30.2 Å². The highest BCUT2D eigenvalue weighted by atomic mass is 19.1. The van der Waals surface area contributed by atoms with Gasteiger partial charge < -0.3 is 32.8 Å². The lowest BCUT2D eigenvalue weighted by Gasteiger charge is -2.42. The molecule has 0 saturated carbocycles. The molecule has 4 aliphatic heterocycles. The molecule has 13 nitrogen and oxygen atoms in total. The van der Waals surface area contributed by atoms with Gasteiger partial charge in [0, 0.05) is 64.4 Å². The monoisotopic (exact) mass is 776 g/mol. The highest BCUT2D eigenvalue weighted by Crippen LogP contribution is 2.38. The van der Waals surface area contributed by atoms with E-state index < -0.39 is 5.82 Å². The summed E-state index contributed by atoms with van der Waals surface area (Å²) >= 11 is 0. The molecule has 2 aromatic carbocycles. The largest absolute Gasteiger partial charge is 0.496 e. The van der Waals surface area contributed by atoms with Gasteiger partial charge in [0.25, 0.3) is 11.8 Å². The number of nitrogens with zero attached hydrogens (tertiary/aromatic N) is 8. The number of ether oxygens (including phenoxy) is 3. The third-order valence-corrected chi connectivity index (χ3v) is 12.1. The van der Waals surface area contributed by atoms with Crippen molar-refractivity contribution in [3.63, 3.8) is 0 Å². The molecule has 0 aliphatic carbocycles. The number of hydrogen-bond acceptors (Lipinski definition) is 13. The molecule has 0 amide bonds. The van der Waals surface area contributed by atoms with Crippen molar-refractivity contribution >= 4 is 12.0 Å². The second-order valence-corrected chi connectivity index (χ2v) is 16.0. The first-order valence-electron chi connectivity index (χ1n) is 20.3. The molecule has 0 N–H and O–H groups in total. The molecule has 4 aliphatic rings. The molecule has 6 heterocycles. The van der Waals surface area contributed by atoms with Gasteiger partial charge in [-0.1, -0.05) is 37.0 Å². The Morgan fingerprint density at radius 1 is 0.714 bits per heavy atom. The standard InChI is InChI=1S/C41H54F2N8O5/c1-26(2)28-5-6-32(35(42)22-28)38-44-46-40(55-38)50-13-9-30(10-14-50)51-17-20-54-31(25-51)21-27(3)33-23-36(43)34(24-37(33)52-4)39-45-47-41(56-39)49-11-7-29(8-12-49)48-15-18-53-19-16-48/h5-6,22-24,26-27,29-31H,7-21,25H2,1-4H3. The lowest BCUT2D eigenvalue weighted by atomic mass is 9.91.